The number of thioether (sulfide) groups is 1. The van der Waals surface area contributed by atoms with Crippen LogP contribution in [0.5, 0.6) is 5.88 Å². The lowest BCUT2D eigenvalue weighted by Gasteiger charge is -2.23. The van der Waals surface area contributed by atoms with E-state index in [1.54, 1.807) is 13.2 Å². The van der Waals surface area contributed by atoms with Gasteiger partial charge in [0.25, 0.3) is 0 Å². The summed E-state index contributed by atoms with van der Waals surface area (Å²) < 4.78 is 5.58. The summed E-state index contributed by atoms with van der Waals surface area (Å²) in [7, 11) is 1.78. The predicted molar refractivity (Wildman–Crippen MR) is 91.2 cm³/mol. The highest BCUT2D eigenvalue weighted by Gasteiger charge is 2.15. The topological polar surface area (TPSA) is 58.5 Å². The maximum absolute atomic E-state index is 5.40. The summed E-state index contributed by atoms with van der Waals surface area (Å²) in [6, 6.07) is 3.91. The molecule has 21 heavy (non-hydrogen) atoms. The summed E-state index contributed by atoms with van der Waals surface area (Å²) in [5.41, 5.74) is 1.11. The Morgan fingerprint density at radius 3 is 2.81 bits per heavy atom. The van der Waals surface area contributed by atoms with Gasteiger partial charge in [-0.1, -0.05) is 0 Å². The fraction of sp³-hybridized carbons (Fsp3) is 0.600. The van der Waals surface area contributed by atoms with Crippen LogP contribution in [0.1, 0.15) is 26.3 Å². The molecule has 0 spiro atoms. The van der Waals surface area contributed by atoms with Gasteiger partial charge in [0.15, 0.2) is 5.96 Å². The average molecular weight is 310 g/mol. The Bertz CT molecular complexity index is 463. The first-order valence-corrected chi connectivity index (χ1v) is 8.30. The minimum Gasteiger partial charge on any atom is -0.478 e. The van der Waals surface area contributed by atoms with Gasteiger partial charge in [-0.05, 0) is 38.7 Å². The lowest BCUT2D eigenvalue weighted by molar-refractivity contribution is 0.326. The molecule has 0 saturated heterocycles. The Kier molecular flexibility index (Phi) is 7.36. The van der Waals surface area contributed by atoms with Gasteiger partial charge >= 0.3 is 0 Å². The number of guanidine groups is 1. The van der Waals surface area contributed by atoms with Crippen LogP contribution < -0.4 is 15.4 Å². The molecule has 1 aromatic rings. The Hall–Kier alpha value is -1.43. The van der Waals surface area contributed by atoms with Gasteiger partial charge in [-0.25, -0.2) is 4.98 Å². The lowest BCUT2D eigenvalue weighted by Crippen LogP contribution is -2.42. The predicted octanol–water partition coefficient (Wildman–Crippen LogP) is 2.29. The van der Waals surface area contributed by atoms with Crippen LogP contribution in [-0.2, 0) is 6.54 Å². The molecule has 2 N–H and O–H groups in total. The van der Waals surface area contributed by atoms with Crippen molar-refractivity contribution in [3.8, 4) is 5.88 Å². The molecule has 0 atom stereocenters. The van der Waals surface area contributed by atoms with E-state index < -0.39 is 0 Å². The number of rotatable bonds is 7. The minimum absolute atomic E-state index is 0.177. The Morgan fingerprint density at radius 1 is 1.43 bits per heavy atom. The van der Waals surface area contributed by atoms with Crippen LogP contribution in [0.25, 0.3) is 0 Å². The number of aliphatic imine (C=N–C) groups is 1. The lowest BCUT2D eigenvalue weighted by atomic mass is 10.2. The number of hydrogen-bond donors (Lipinski definition) is 2. The number of hydrogen-bond acceptors (Lipinski definition) is 4. The van der Waals surface area contributed by atoms with Gasteiger partial charge < -0.3 is 15.4 Å². The molecule has 0 unspecified atom stereocenters. The molecular formula is C15H26N4OS. The van der Waals surface area contributed by atoms with Gasteiger partial charge in [0.2, 0.25) is 5.88 Å². The number of ether oxygens (including phenoxy) is 1. The molecule has 1 heterocycles. The van der Waals surface area contributed by atoms with Crippen LogP contribution in [0.15, 0.2) is 23.3 Å². The van der Waals surface area contributed by atoms with Crippen LogP contribution in [0, 0.1) is 0 Å². The van der Waals surface area contributed by atoms with Gasteiger partial charge in [0, 0.05) is 37.1 Å². The van der Waals surface area contributed by atoms with Crippen molar-refractivity contribution in [3.05, 3.63) is 23.9 Å². The molecular weight excluding hydrogens is 284 g/mol. The fourth-order valence-electron chi connectivity index (χ4n) is 1.56. The van der Waals surface area contributed by atoms with Crippen molar-refractivity contribution in [2.45, 2.75) is 32.1 Å². The fourth-order valence-corrected chi connectivity index (χ4v) is 1.78. The minimum atomic E-state index is 0.177. The maximum Gasteiger partial charge on any atom is 0.213 e. The Morgan fingerprint density at radius 2 is 2.19 bits per heavy atom. The summed E-state index contributed by atoms with van der Waals surface area (Å²) in [6.07, 6.45) is 3.87. The molecule has 0 aliphatic heterocycles. The smallest absolute Gasteiger partial charge is 0.213 e. The molecule has 0 aliphatic rings. The zero-order chi connectivity index (χ0) is 15.7. The van der Waals surface area contributed by atoms with Gasteiger partial charge in [0.05, 0.1) is 6.61 Å². The summed E-state index contributed by atoms with van der Waals surface area (Å²) in [6.45, 7) is 8.52. The molecule has 6 heteroatoms. The van der Waals surface area contributed by atoms with E-state index in [4.69, 9.17) is 4.74 Å². The van der Waals surface area contributed by atoms with E-state index in [1.807, 2.05) is 30.8 Å². The van der Waals surface area contributed by atoms with E-state index in [0.717, 1.165) is 18.1 Å². The van der Waals surface area contributed by atoms with Gasteiger partial charge in [-0.2, -0.15) is 11.8 Å². The quantitative estimate of drug-likeness (QED) is 0.598. The maximum atomic E-state index is 5.40. The molecule has 0 saturated carbocycles. The summed E-state index contributed by atoms with van der Waals surface area (Å²) in [4.78, 5) is 8.40. The van der Waals surface area contributed by atoms with E-state index in [2.05, 4.69) is 40.7 Å². The number of pyridine rings is 1. The third kappa shape index (κ3) is 6.71. The largest absolute Gasteiger partial charge is 0.478 e. The van der Waals surface area contributed by atoms with E-state index in [1.165, 1.54) is 0 Å². The standard InChI is InChI=1S/C15H26N4OS/c1-6-20-13-9-12(7-8-17-13)10-18-14(16-4)19-11-15(2,3)21-5/h7-9H,6,10-11H2,1-5H3,(H2,16,18,19). The van der Waals surface area contributed by atoms with Crippen LogP contribution in [0.2, 0.25) is 0 Å². The molecule has 0 aliphatic carbocycles. The second kappa shape index (κ2) is 8.77. The van der Waals surface area contributed by atoms with Crippen molar-refractivity contribution >= 4 is 17.7 Å². The van der Waals surface area contributed by atoms with Crippen molar-refractivity contribution in [3.63, 3.8) is 0 Å². The van der Waals surface area contributed by atoms with Crippen molar-refractivity contribution in [1.29, 1.82) is 0 Å². The highest BCUT2D eigenvalue weighted by atomic mass is 32.2. The van der Waals surface area contributed by atoms with Crippen molar-refractivity contribution in [2.75, 3.05) is 26.5 Å². The summed E-state index contributed by atoms with van der Waals surface area (Å²) >= 11 is 1.83. The van der Waals surface area contributed by atoms with E-state index >= 15 is 0 Å². The molecule has 0 aromatic carbocycles. The highest BCUT2D eigenvalue weighted by molar-refractivity contribution is 7.99. The van der Waals surface area contributed by atoms with E-state index in [-0.39, 0.29) is 4.75 Å². The van der Waals surface area contributed by atoms with E-state index in [0.29, 0.717) is 19.0 Å². The molecule has 0 amide bonds. The molecule has 0 bridgehead atoms. The first-order chi connectivity index (χ1) is 10.0. The normalized spacial score (nSPS) is 12.1. The monoisotopic (exact) mass is 310 g/mol. The molecule has 118 valence electrons. The first-order valence-electron chi connectivity index (χ1n) is 7.08. The van der Waals surface area contributed by atoms with Crippen LogP contribution in [-0.4, -0.2) is 42.1 Å². The second-order valence-corrected chi connectivity index (χ2v) is 6.69. The van der Waals surface area contributed by atoms with Gasteiger partial charge in [-0.15, -0.1) is 0 Å². The first kappa shape index (κ1) is 17.6. The van der Waals surface area contributed by atoms with Crippen LogP contribution >= 0.6 is 11.8 Å². The van der Waals surface area contributed by atoms with Crippen molar-refractivity contribution < 1.29 is 4.74 Å². The zero-order valence-electron chi connectivity index (χ0n) is 13.6. The number of nitrogens with zero attached hydrogens (tertiary/aromatic N) is 2. The molecule has 0 fully saturated rings. The third-order valence-electron chi connectivity index (χ3n) is 3.01. The number of nitrogens with one attached hydrogen (secondary N) is 2. The molecule has 1 aromatic heterocycles. The van der Waals surface area contributed by atoms with Gasteiger partial charge in [-0.3, -0.25) is 4.99 Å². The average Bonchev–Trinajstić information content (AvgIpc) is 2.48. The highest BCUT2D eigenvalue weighted by Crippen LogP contribution is 2.19. The number of aromatic nitrogens is 1. The summed E-state index contributed by atoms with van der Waals surface area (Å²) in [5, 5.41) is 6.64. The molecule has 0 radical (unpaired) electrons. The second-order valence-electron chi connectivity index (χ2n) is 5.18. The Balaban J connectivity index is 2.50. The van der Waals surface area contributed by atoms with Crippen molar-refractivity contribution in [2.24, 2.45) is 4.99 Å². The Labute approximate surface area is 132 Å². The van der Waals surface area contributed by atoms with Crippen LogP contribution in [0.3, 0.4) is 0 Å². The third-order valence-corrected chi connectivity index (χ3v) is 4.26. The van der Waals surface area contributed by atoms with Crippen molar-refractivity contribution in [1.82, 2.24) is 15.6 Å². The van der Waals surface area contributed by atoms with Crippen LogP contribution in [0.4, 0.5) is 0 Å². The molecule has 1 rings (SSSR count). The molecule has 5 nitrogen and oxygen atoms in total. The SMILES string of the molecule is CCOc1cc(CNC(=NC)NCC(C)(C)SC)ccn1. The van der Waals surface area contributed by atoms with Gasteiger partial charge in [0.1, 0.15) is 0 Å². The van der Waals surface area contributed by atoms with E-state index in [9.17, 15) is 0 Å². The summed E-state index contributed by atoms with van der Waals surface area (Å²) in [5.74, 6) is 1.45. The zero-order valence-corrected chi connectivity index (χ0v) is 14.4.